The van der Waals surface area contributed by atoms with Gasteiger partial charge >= 0.3 is 6.36 Å². The number of hydrogen-bond donors (Lipinski definition) is 0. The number of ether oxygens (including phenoxy) is 1. The number of hydrogen-bond acceptors (Lipinski definition) is 2. The van der Waals surface area contributed by atoms with Crippen molar-refractivity contribution in [1.29, 1.82) is 0 Å². The first-order valence-electron chi connectivity index (χ1n) is 5.64. The first-order valence-corrected chi connectivity index (χ1v) is 6.45. The van der Waals surface area contributed by atoms with Crippen LogP contribution in [0.5, 0.6) is 5.75 Å². The van der Waals surface area contributed by atoms with E-state index >= 15 is 0 Å². The van der Waals surface area contributed by atoms with E-state index in [9.17, 15) is 17.6 Å². The van der Waals surface area contributed by atoms with Gasteiger partial charge in [0.2, 0.25) is 0 Å². The number of halogens is 4. The van der Waals surface area contributed by atoms with Crippen LogP contribution in [-0.4, -0.2) is 6.36 Å². The van der Waals surface area contributed by atoms with E-state index in [0.717, 1.165) is 17.3 Å². The van der Waals surface area contributed by atoms with Crippen molar-refractivity contribution < 1.29 is 22.3 Å². The molecule has 6 heteroatoms. The lowest BCUT2D eigenvalue weighted by molar-refractivity contribution is -0.274. The number of benzene rings is 2. The maximum Gasteiger partial charge on any atom is 0.573 e. The van der Waals surface area contributed by atoms with E-state index in [1.165, 1.54) is 24.3 Å². The fraction of sp³-hybridized carbons (Fsp3) is 0.143. The van der Waals surface area contributed by atoms with Crippen molar-refractivity contribution in [2.75, 3.05) is 0 Å². The summed E-state index contributed by atoms with van der Waals surface area (Å²) in [5.74, 6) is -0.735. The molecule has 0 saturated carbocycles. The number of aryl methyl sites for hydroxylation is 1. The molecule has 0 heterocycles. The number of alkyl halides is 3. The molecule has 0 N–H and O–H groups in total. The molecule has 0 saturated heterocycles. The Morgan fingerprint density at radius 2 is 1.70 bits per heavy atom. The van der Waals surface area contributed by atoms with Crippen molar-refractivity contribution in [3.05, 3.63) is 53.8 Å². The molecule has 0 aliphatic heterocycles. The molecule has 0 bridgehead atoms. The van der Waals surface area contributed by atoms with Crippen molar-refractivity contribution in [3.63, 3.8) is 0 Å². The second-order valence-electron chi connectivity index (χ2n) is 4.01. The van der Waals surface area contributed by atoms with E-state index in [1.54, 1.807) is 25.1 Å². The molecule has 0 unspecified atom stereocenters. The largest absolute Gasteiger partial charge is 0.573 e. The zero-order chi connectivity index (χ0) is 14.8. The molecule has 0 aromatic heterocycles. The van der Waals surface area contributed by atoms with Gasteiger partial charge in [0.05, 0.1) is 0 Å². The van der Waals surface area contributed by atoms with Crippen molar-refractivity contribution in [2.24, 2.45) is 0 Å². The van der Waals surface area contributed by atoms with E-state index in [-0.39, 0.29) is 5.75 Å². The molecule has 0 radical (unpaired) electrons. The highest BCUT2D eigenvalue weighted by molar-refractivity contribution is 7.99. The van der Waals surface area contributed by atoms with Gasteiger partial charge in [-0.1, -0.05) is 30.0 Å². The second kappa shape index (κ2) is 5.75. The molecule has 0 fully saturated rings. The van der Waals surface area contributed by atoms with Crippen LogP contribution in [0.4, 0.5) is 17.6 Å². The van der Waals surface area contributed by atoms with E-state index in [2.05, 4.69) is 4.74 Å². The Kier molecular flexibility index (Phi) is 4.23. The predicted molar refractivity (Wildman–Crippen MR) is 68.4 cm³/mol. The van der Waals surface area contributed by atoms with Gasteiger partial charge in [0, 0.05) is 9.79 Å². The van der Waals surface area contributed by atoms with E-state index in [0.29, 0.717) is 9.79 Å². The van der Waals surface area contributed by atoms with Crippen LogP contribution in [0.25, 0.3) is 0 Å². The summed E-state index contributed by atoms with van der Waals surface area (Å²) in [6.45, 7) is 1.74. The molecule has 0 amide bonds. The molecular formula is C14H10F4OS. The van der Waals surface area contributed by atoms with Gasteiger partial charge in [-0.15, -0.1) is 13.2 Å². The minimum absolute atomic E-state index is 0.318. The molecule has 0 aliphatic carbocycles. The van der Waals surface area contributed by atoms with Gasteiger partial charge in [-0.3, -0.25) is 0 Å². The Morgan fingerprint density at radius 3 is 2.35 bits per heavy atom. The van der Waals surface area contributed by atoms with Gasteiger partial charge in [0.1, 0.15) is 11.6 Å². The molecule has 2 aromatic rings. The predicted octanol–water partition coefficient (Wildman–Crippen LogP) is 5.18. The van der Waals surface area contributed by atoms with Crippen LogP contribution >= 0.6 is 11.8 Å². The maximum absolute atomic E-state index is 13.5. The van der Waals surface area contributed by atoms with Crippen molar-refractivity contribution in [3.8, 4) is 5.75 Å². The first-order chi connectivity index (χ1) is 9.35. The molecule has 2 rings (SSSR count). The van der Waals surface area contributed by atoms with Gasteiger partial charge in [-0.2, -0.15) is 0 Å². The van der Waals surface area contributed by atoms with E-state index < -0.39 is 12.2 Å². The quantitative estimate of drug-likeness (QED) is 0.722. The monoisotopic (exact) mass is 302 g/mol. The zero-order valence-electron chi connectivity index (χ0n) is 10.4. The normalized spacial score (nSPS) is 11.4. The molecule has 1 nitrogen and oxygen atoms in total. The maximum atomic E-state index is 13.5. The van der Waals surface area contributed by atoms with Crippen LogP contribution in [0.15, 0.2) is 52.3 Å². The SMILES string of the molecule is Cc1ccc(OC(F)(F)F)cc1Sc1ccccc1F. The smallest absolute Gasteiger partial charge is 0.406 e. The Hall–Kier alpha value is -1.69. The minimum Gasteiger partial charge on any atom is -0.406 e. The standard InChI is InChI=1S/C14H10F4OS/c1-9-6-7-10(19-14(16,17)18)8-13(9)20-12-5-3-2-4-11(12)15/h2-8H,1H3. The van der Waals surface area contributed by atoms with Crippen LogP contribution in [0.3, 0.4) is 0 Å². The zero-order valence-corrected chi connectivity index (χ0v) is 11.2. The molecule has 0 aliphatic rings. The van der Waals surface area contributed by atoms with Gasteiger partial charge in [-0.25, -0.2) is 4.39 Å². The fourth-order valence-corrected chi connectivity index (χ4v) is 2.49. The Balaban J connectivity index is 2.27. The van der Waals surface area contributed by atoms with Gasteiger partial charge < -0.3 is 4.74 Å². The van der Waals surface area contributed by atoms with Crippen molar-refractivity contribution in [2.45, 2.75) is 23.1 Å². The summed E-state index contributed by atoms with van der Waals surface area (Å²) in [6, 6.07) is 10.1. The highest BCUT2D eigenvalue weighted by atomic mass is 32.2. The van der Waals surface area contributed by atoms with E-state index in [4.69, 9.17) is 0 Å². The summed E-state index contributed by atoms with van der Waals surface area (Å²) in [7, 11) is 0. The third-order valence-corrected chi connectivity index (χ3v) is 3.66. The second-order valence-corrected chi connectivity index (χ2v) is 5.09. The molecular weight excluding hydrogens is 292 g/mol. The van der Waals surface area contributed by atoms with Gasteiger partial charge in [-0.05, 0) is 36.8 Å². The van der Waals surface area contributed by atoms with Crippen LogP contribution in [0.1, 0.15) is 5.56 Å². The van der Waals surface area contributed by atoms with Crippen molar-refractivity contribution in [1.82, 2.24) is 0 Å². The fourth-order valence-electron chi connectivity index (χ4n) is 1.53. The van der Waals surface area contributed by atoms with Crippen molar-refractivity contribution >= 4 is 11.8 Å². The third kappa shape index (κ3) is 3.90. The van der Waals surface area contributed by atoms with Crippen LogP contribution in [0.2, 0.25) is 0 Å². The van der Waals surface area contributed by atoms with E-state index in [1.807, 2.05) is 0 Å². The molecule has 106 valence electrons. The topological polar surface area (TPSA) is 9.23 Å². The van der Waals surface area contributed by atoms with Crippen LogP contribution in [-0.2, 0) is 0 Å². The molecule has 2 aromatic carbocycles. The van der Waals surface area contributed by atoms with Gasteiger partial charge in [0.25, 0.3) is 0 Å². The highest BCUT2D eigenvalue weighted by Crippen LogP contribution is 2.35. The first kappa shape index (κ1) is 14.7. The summed E-state index contributed by atoms with van der Waals surface area (Å²) in [6.07, 6.45) is -4.74. The lowest BCUT2D eigenvalue weighted by atomic mass is 10.2. The molecule has 0 atom stereocenters. The summed E-state index contributed by atoms with van der Waals surface area (Å²) in [5, 5.41) is 0. The average Bonchev–Trinajstić information content (AvgIpc) is 2.34. The van der Waals surface area contributed by atoms with Crippen LogP contribution in [0, 0.1) is 12.7 Å². The molecule has 0 spiro atoms. The van der Waals surface area contributed by atoms with Gasteiger partial charge in [0.15, 0.2) is 0 Å². The third-order valence-electron chi connectivity index (χ3n) is 2.45. The number of rotatable bonds is 3. The summed E-state index contributed by atoms with van der Waals surface area (Å²) in [5.41, 5.74) is 0.743. The summed E-state index contributed by atoms with van der Waals surface area (Å²) in [4.78, 5) is 0.858. The lowest BCUT2D eigenvalue weighted by Crippen LogP contribution is -2.17. The lowest BCUT2D eigenvalue weighted by Gasteiger charge is -2.12. The minimum atomic E-state index is -4.74. The Labute approximate surface area is 117 Å². The summed E-state index contributed by atoms with van der Waals surface area (Å²) >= 11 is 1.06. The highest BCUT2D eigenvalue weighted by Gasteiger charge is 2.31. The summed E-state index contributed by atoms with van der Waals surface area (Å²) < 4.78 is 53.9. The average molecular weight is 302 g/mol. The van der Waals surface area contributed by atoms with Crippen LogP contribution < -0.4 is 4.74 Å². The molecule has 20 heavy (non-hydrogen) atoms. The Morgan fingerprint density at radius 1 is 1.00 bits per heavy atom. The Bertz CT molecular complexity index is 610.